The van der Waals surface area contributed by atoms with Crippen molar-refractivity contribution in [1.29, 1.82) is 0 Å². The molecule has 3 heteroatoms. The van der Waals surface area contributed by atoms with Crippen LogP contribution in [0.2, 0.25) is 0 Å². The van der Waals surface area contributed by atoms with E-state index in [1.807, 2.05) is 6.92 Å². The van der Waals surface area contributed by atoms with Gasteiger partial charge >= 0.3 is 0 Å². The summed E-state index contributed by atoms with van der Waals surface area (Å²) in [4.78, 5) is 0. The smallest absolute Gasteiger partial charge is 0.0746 e. The maximum absolute atomic E-state index is 9.98. The average molecular weight is 217 g/mol. The van der Waals surface area contributed by atoms with Gasteiger partial charge in [-0.1, -0.05) is 20.8 Å². The molecule has 0 heterocycles. The Morgan fingerprint density at radius 2 is 2.00 bits per heavy atom. The van der Waals surface area contributed by atoms with E-state index in [9.17, 15) is 5.11 Å². The highest BCUT2D eigenvalue weighted by Gasteiger charge is 2.20. The molecule has 0 radical (unpaired) electrons. The lowest BCUT2D eigenvalue weighted by molar-refractivity contribution is 0.0361. The van der Waals surface area contributed by atoms with Crippen LogP contribution >= 0.6 is 0 Å². The molecule has 1 unspecified atom stereocenters. The third kappa shape index (κ3) is 10.2. The summed E-state index contributed by atoms with van der Waals surface area (Å²) >= 11 is 0. The van der Waals surface area contributed by atoms with Crippen LogP contribution in [0.15, 0.2) is 0 Å². The molecule has 0 amide bonds. The topological polar surface area (TPSA) is 41.5 Å². The second-order valence-corrected chi connectivity index (χ2v) is 4.88. The molecule has 2 N–H and O–H groups in total. The Hall–Kier alpha value is -0.120. The van der Waals surface area contributed by atoms with Crippen molar-refractivity contribution in [1.82, 2.24) is 5.32 Å². The normalized spacial score (nSPS) is 15.6. The van der Waals surface area contributed by atoms with Crippen molar-refractivity contribution in [2.24, 2.45) is 5.92 Å². The number of hydrogen-bond donors (Lipinski definition) is 2. The summed E-state index contributed by atoms with van der Waals surface area (Å²) in [7, 11) is 0. The number of rotatable bonds is 9. The van der Waals surface area contributed by atoms with E-state index < -0.39 is 5.60 Å². The van der Waals surface area contributed by atoms with Crippen molar-refractivity contribution in [2.75, 3.05) is 26.3 Å². The van der Waals surface area contributed by atoms with Gasteiger partial charge in [0.1, 0.15) is 0 Å². The minimum absolute atomic E-state index is 0.526. The van der Waals surface area contributed by atoms with Crippen LogP contribution in [0.1, 0.15) is 40.5 Å². The standard InChI is InChI=1S/C12H27NO2/c1-5-7-15-8-6-13-10-12(4,14)9-11(2)3/h11,13-14H,5-10H2,1-4H3. The average Bonchev–Trinajstić information content (AvgIpc) is 2.08. The van der Waals surface area contributed by atoms with Crippen molar-refractivity contribution in [3.8, 4) is 0 Å². The second kappa shape index (κ2) is 8.08. The molecule has 0 saturated carbocycles. The zero-order valence-corrected chi connectivity index (χ0v) is 10.7. The predicted octanol–water partition coefficient (Wildman–Crippen LogP) is 1.80. The first kappa shape index (κ1) is 14.9. The van der Waals surface area contributed by atoms with Crippen molar-refractivity contribution in [3.63, 3.8) is 0 Å². The molecular weight excluding hydrogens is 190 g/mol. The zero-order valence-electron chi connectivity index (χ0n) is 10.7. The first-order valence-electron chi connectivity index (χ1n) is 5.99. The summed E-state index contributed by atoms with van der Waals surface area (Å²) in [6.07, 6.45) is 1.89. The van der Waals surface area contributed by atoms with Crippen molar-refractivity contribution < 1.29 is 9.84 Å². The monoisotopic (exact) mass is 217 g/mol. The van der Waals surface area contributed by atoms with Crippen LogP contribution in [-0.2, 0) is 4.74 Å². The molecule has 0 rings (SSSR count). The lowest BCUT2D eigenvalue weighted by atomic mass is 9.94. The van der Waals surface area contributed by atoms with Crippen LogP contribution in [0, 0.1) is 5.92 Å². The molecule has 3 nitrogen and oxygen atoms in total. The van der Waals surface area contributed by atoms with Crippen LogP contribution in [0.25, 0.3) is 0 Å². The Kier molecular flexibility index (Phi) is 8.02. The van der Waals surface area contributed by atoms with Gasteiger partial charge < -0.3 is 15.2 Å². The van der Waals surface area contributed by atoms with Gasteiger partial charge in [0.05, 0.1) is 12.2 Å². The van der Waals surface area contributed by atoms with Crippen molar-refractivity contribution in [2.45, 2.75) is 46.1 Å². The van der Waals surface area contributed by atoms with Crippen LogP contribution < -0.4 is 5.32 Å². The highest BCUT2D eigenvalue weighted by atomic mass is 16.5. The van der Waals surface area contributed by atoms with Crippen LogP contribution in [0.4, 0.5) is 0 Å². The highest BCUT2D eigenvalue weighted by Crippen LogP contribution is 2.14. The van der Waals surface area contributed by atoms with Gasteiger partial charge in [-0.15, -0.1) is 0 Å². The van der Waals surface area contributed by atoms with Gasteiger partial charge in [-0.2, -0.15) is 0 Å². The molecule has 92 valence electrons. The molecule has 0 aliphatic carbocycles. The number of aliphatic hydroxyl groups is 1. The Labute approximate surface area is 94.2 Å². The fourth-order valence-corrected chi connectivity index (χ4v) is 1.70. The maximum atomic E-state index is 9.98. The third-order valence-corrected chi connectivity index (χ3v) is 2.13. The summed E-state index contributed by atoms with van der Waals surface area (Å²) in [6, 6.07) is 0. The Bertz CT molecular complexity index is 147. The van der Waals surface area contributed by atoms with Crippen LogP contribution in [0.3, 0.4) is 0 Å². The molecule has 0 aliphatic heterocycles. The van der Waals surface area contributed by atoms with Gasteiger partial charge in [0.25, 0.3) is 0 Å². The van der Waals surface area contributed by atoms with E-state index in [1.165, 1.54) is 0 Å². The van der Waals surface area contributed by atoms with Crippen LogP contribution in [-0.4, -0.2) is 37.0 Å². The summed E-state index contributed by atoms with van der Waals surface area (Å²) in [5.41, 5.74) is -0.598. The van der Waals surface area contributed by atoms with E-state index in [2.05, 4.69) is 26.1 Å². The summed E-state index contributed by atoms with van der Waals surface area (Å²) in [6.45, 7) is 11.2. The molecule has 0 aromatic heterocycles. The molecule has 15 heavy (non-hydrogen) atoms. The Morgan fingerprint density at radius 3 is 2.53 bits per heavy atom. The highest BCUT2D eigenvalue weighted by molar-refractivity contribution is 4.76. The molecule has 0 bridgehead atoms. The first-order chi connectivity index (χ1) is 6.98. The van der Waals surface area contributed by atoms with E-state index in [0.717, 1.165) is 32.6 Å². The van der Waals surface area contributed by atoms with E-state index in [-0.39, 0.29) is 0 Å². The minimum Gasteiger partial charge on any atom is -0.389 e. The number of nitrogens with one attached hydrogen (secondary N) is 1. The van der Waals surface area contributed by atoms with E-state index >= 15 is 0 Å². The van der Waals surface area contributed by atoms with Gasteiger partial charge in [0.15, 0.2) is 0 Å². The van der Waals surface area contributed by atoms with Gasteiger partial charge in [0, 0.05) is 19.7 Å². The predicted molar refractivity (Wildman–Crippen MR) is 64.1 cm³/mol. The molecule has 0 aliphatic rings. The largest absolute Gasteiger partial charge is 0.389 e. The fourth-order valence-electron chi connectivity index (χ4n) is 1.70. The molecule has 0 aromatic carbocycles. The first-order valence-corrected chi connectivity index (χ1v) is 5.99. The van der Waals surface area contributed by atoms with Gasteiger partial charge in [-0.25, -0.2) is 0 Å². The van der Waals surface area contributed by atoms with Gasteiger partial charge in [-0.3, -0.25) is 0 Å². The molecular formula is C12H27NO2. The van der Waals surface area contributed by atoms with Crippen LogP contribution in [0.5, 0.6) is 0 Å². The van der Waals surface area contributed by atoms with E-state index in [4.69, 9.17) is 4.74 Å². The number of hydrogen-bond acceptors (Lipinski definition) is 3. The fraction of sp³-hybridized carbons (Fsp3) is 1.00. The van der Waals surface area contributed by atoms with E-state index in [1.54, 1.807) is 0 Å². The van der Waals surface area contributed by atoms with Gasteiger partial charge in [-0.05, 0) is 25.7 Å². The third-order valence-electron chi connectivity index (χ3n) is 2.13. The van der Waals surface area contributed by atoms with E-state index in [0.29, 0.717) is 12.5 Å². The zero-order chi connectivity index (χ0) is 11.7. The molecule has 1 atom stereocenters. The lowest BCUT2D eigenvalue weighted by Gasteiger charge is -2.25. The Morgan fingerprint density at radius 1 is 1.33 bits per heavy atom. The SMILES string of the molecule is CCCOCCNCC(C)(O)CC(C)C. The molecule has 0 aromatic rings. The quantitative estimate of drug-likeness (QED) is 0.579. The van der Waals surface area contributed by atoms with Crippen molar-refractivity contribution >= 4 is 0 Å². The molecule has 0 saturated heterocycles. The number of ether oxygens (including phenoxy) is 1. The lowest BCUT2D eigenvalue weighted by Crippen LogP contribution is -2.40. The summed E-state index contributed by atoms with van der Waals surface area (Å²) in [5.74, 6) is 0.526. The molecule has 0 fully saturated rings. The maximum Gasteiger partial charge on any atom is 0.0746 e. The summed E-state index contributed by atoms with van der Waals surface area (Å²) < 4.78 is 5.33. The van der Waals surface area contributed by atoms with Crippen molar-refractivity contribution in [3.05, 3.63) is 0 Å². The Balaban J connectivity index is 3.40. The molecule has 0 spiro atoms. The second-order valence-electron chi connectivity index (χ2n) is 4.88. The summed E-state index contributed by atoms with van der Waals surface area (Å²) in [5, 5.41) is 13.2. The van der Waals surface area contributed by atoms with Gasteiger partial charge in [0.2, 0.25) is 0 Å². The minimum atomic E-state index is -0.598.